The maximum atomic E-state index is 4.49. The Kier molecular flexibility index (Phi) is 4.82. The molecule has 0 amide bonds. The number of hydrogen-bond acceptors (Lipinski definition) is 3. The molecule has 114 valence electrons. The van der Waals surface area contributed by atoms with Gasteiger partial charge in [0.25, 0.3) is 0 Å². The number of halogens is 1. The number of fused-ring (bicyclic) bond motifs is 1. The molecule has 2 aromatic rings. The molecule has 0 radical (unpaired) electrons. The fourth-order valence-corrected chi connectivity index (χ4v) is 4.89. The van der Waals surface area contributed by atoms with E-state index in [1.54, 1.807) is 10.4 Å². The summed E-state index contributed by atoms with van der Waals surface area (Å²) in [5.74, 6) is 0. The minimum Gasteiger partial charge on any atom is -0.304 e. The Morgan fingerprint density at radius 3 is 3.00 bits per heavy atom. The van der Waals surface area contributed by atoms with Gasteiger partial charge in [0.05, 0.1) is 22.4 Å². The van der Waals surface area contributed by atoms with Crippen LogP contribution in [0.1, 0.15) is 53.7 Å². The number of nitrogens with zero attached hydrogens (tertiary/aromatic N) is 2. The highest BCUT2D eigenvalue weighted by Crippen LogP contribution is 2.37. The number of nitrogens with one attached hydrogen (secondary N) is 1. The largest absolute Gasteiger partial charge is 0.304 e. The second-order valence-electron chi connectivity index (χ2n) is 5.53. The van der Waals surface area contributed by atoms with E-state index in [2.05, 4.69) is 50.9 Å². The average Bonchev–Trinajstić information content (AvgIpc) is 3.14. The van der Waals surface area contributed by atoms with Gasteiger partial charge in [-0.15, -0.1) is 11.3 Å². The van der Waals surface area contributed by atoms with Crippen molar-refractivity contribution in [3.8, 4) is 0 Å². The van der Waals surface area contributed by atoms with Crippen molar-refractivity contribution < 1.29 is 0 Å². The third kappa shape index (κ3) is 2.96. The zero-order valence-corrected chi connectivity index (χ0v) is 15.1. The predicted molar refractivity (Wildman–Crippen MR) is 92.1 cm³/mol. The van der Waals surface area contributed by atoms with Crippen LogP contribution >= 0.6 is 27.3 Å². The Bertz CT molecular complexity index is 596. The summed E-state index contributed by atoms with van der Waals surface area (Å²) in [6.07, 6.45) is 6.89. The van der Waals surface area contributed by atoms with Crippen LogP contribution in [0, 0.1) is 0 Å². The molecule has 0 aromatic carbocycles. The van der Waals surface area contributed by atoms with Crippen LogP contribution in [0.4, 0.5) is 0 Å². The van der Waals surface area contributed by atoms with E-state index in [4.69, 9.17) is 0 Å². The first-order chi connectivity index (χ1) is 10.2. The van der Waals surface area contributed by atoms with E-state index >= 15 is 0 Å². The Labute approximate surface area is 138 Å². The summed E-state index contributed by atoms with van der Waals surface area (Å²) in [5.41, 5.74) is 2.82. The summed E-state index contributed by atoms with van der Waals surface area (Å²) in [7, 11) is 0. The Hall–Kier alpha value is -0.650. The number of aryl methyl sites for hydroxylation is 3. The minimum atomic E-state index is 0.248. The van der Waals surface area contributed by atoms with E-state index in [1.807, 2.05) is 17.5 Å². The molecule has 0 spiro atoms. The maximum Gasteiger partial charge on any atom is 0.0853 e. The van der Waals surface area contributed by atoms with Gasteiger partial charge in [-0.1, -0.05) is 6.92 Å². The van der Waals surface area contributed by atoms with Gasteiger partial charge in [0.1, 0.15) is 0 Å². The first kappa shape index (κ1) is 15.3. The zero-order chi connectivity index (χ0) is 14.8. The predicted octanol–water partition coefficient (Wildman–Crippen LogP) is 4.30. The molecule has 5 heteroatoms. The molecule has 2 aromatic heterocycles. The molecule has 3 rings (SSSR count). The van der Waals surface area contributed by atoms with Crippen molar-refractivity contribution >= 4 is 27.3 Å². The van der Waals surface area contributed by atoms with Crippen molar-refractivity contribution in [2.24, 2.45) is 0 Å². The molecule has 1 atom stereocenters. The molecule has 0 bridgehead atoms. The molecular formula is C16H22BrN3S. The lowest BCUT2D eigenvalue weighted by atomic mass is 10.1. The van der Waals surface area contributed by atoms with E-state index in [1.165, 1.54) is 29.8 Å². The lowest BCUT2D eigenvalue weighted by Gasteiger charge is -2.19. The SMILES string of the molecule is CCCNC(c1cc2c(s1)CCC2)c1c(Br)cnn1CC. The van der Waals surface area contributed by atoms with Gasteiger partial charge in [0, 0.05) is 16.3 Å². The minimum absolute atomic E-state index is 0.248. The Balaban J connectivity index is 1.98. The van der Waals surface area contributed by atoms with Gasteiger partial charge >= 0.3 is 0 Å². The van der Waals surface area contributed by atoms with Crippen LogP contribution in [-0.2, 0) is 19.4 Å². The summed E-state index contributed by atoms with van der Waals surface area (Å²) in [5, 5.41) is 8.20. The van der Waals surface area contributed by atoms with E-state index in [0.29, 0.717) is 0 Å². The van der Waals surface area contributed by atoms with Crippen LogP contribution in [0.5, 0.6) is 0 Å². The molecule has 21 heavy (non-hydrogen) atoms. The molecule has 0 saturated heterocycles. The fraction of sp³-hybridized carbons (Fsp3) is 0.562. The summed E-state index contributed by atoms with van der Waals surface area (Å²) in [6, 6.07) is 2.66. The van der Waals surface area contributed by atoms with Gasteiger partial charge in [0.15, 0.2) is 0 Å². The topological polar surface area (TPSA) is 29.9 Å². The smallest absolute Gasteiger partial charge is 0.0853 e. The highest BCUT2D eigenvalue weighted by Gasteiger charge is 2.25. The van der Waals surface area contributed by atoms with Gasteiger partial charge in [-0.25, -0.2) is 0 Å². The molecule has 3 nitrogen and oxygen atoms in total. The highest BCUT2D eigenvalue weighted by molar-refractivity contribution is 9.10. The molecule has 0 saturated carbocycles. The molecule has 1 unspecified atom stereocenters. The number of thiophene rings is 1. The van der Waals surface area contributed by atoms with Crippen LogP contribution in [0.15, 0.2) is 16.7 Å². The lowest BCUT2D eigenvalue weighted by molar-refractivity contribution is 0.533. The summed E-state index contributed by atoms with van der Waals surface area (Å²) in [4.78, 5) is 3.02. The van der Waals surface area contributed by atoms with E-state index in [0.717, 1.165) is 24.0 Å². The number of rotatable bonds is 6. The van der Waals surface area contributed by atoms with Crippen molar-refractivity contribution in [1.82, 2.24) is 15.1 Å². The summed E-state index contributed by atoms with van der Waals surface area (Å²) < 4.78 is 3.20. The number of aromatic nitrogens is 2. The van der Waals surface area contributed by atoms with Gasteiger partial charge in [-0.2, -0.15) is 5.10 Å². The van der Waals surface area contributed by atoms with Crippen molar-refractivity contribution in [2.75, 3.05) is 6.54 Å². The van der Waals surface area contributed by atoms with Crippen LogP contribution in [-0.4, -0.2) is 16.3 Å². The van der Waals surface area contributed by atoms with Crippen molar-refractivity contribution in [2.45, 2.75) is 52.1 Å². The fourth-order valence-electron chi connectivity index (χ4n) is 3.03. The Morgan fingerprint density at radius 2 is 2.29 bits per heavy atom. The van der Waals surface area contributed by atoms with Gasteiger partial charge < -0.3 is 5.32 Å². The Morgan fingerprint density at radius 1 is 1.43 bits per heavy atom. The van der Waals surface area contributed by atoms with E-state index in [-0.39, 0.29) is 6.04 Å². The first-order valence-corrected chi connectivity index (χ1v) is 9.41. The third-order valence-electron chi connectivity index (χ3n) is 4.05. The van der Waals surface area contributed by atoms with Gasteiger partial charge in [-0.3, -0.25) is 4.68 Å². The summed E-state index contributed by atoms with van der Waals surface area (Å²) in [6.45, 7) is 6.28. The summed E-state index contributed by atoms with van der Waals surface area (Å²) >= 11 is 5.67. The highest BCUT2D eigenvalue weighted by atomic mass is 79.9. The number of hydrogen-bond donors (Lipinski definition) is 1. The third-order valence-corrected chi connectivity index (χ3v) is 5.97. The van der Waals surface area contributed by atoms with E-state index < -0.39 is 0 Å². The average molecular weight is 368 g/mol. The maximum absolute atomic E-state index is 4.49. The van der Waals surface area contributed by atoms with Crippen LogP contribution in [0.3, 0.4) is 0 Å². The molecule has 1 N–H and O–H groups in total. The molecule has 1 aliphatic rings. The molecule has 2 heterocycles. The molecule has 1 aliphatic carbocycles. The first-order valence-electron chi connectivity index (χ1n) is 7.80. The van der Waals surface area contributed by atoms with Crippen LogP contribution < -0.4 is 5.32 Å². The van der Waals surface area contributed by atoms with E-state index in [9.17, 15) is 0 Å². The molecule has 0 fully saturated rings. The van der Waals surface area contributed by atoms with Crippen molar-refractivity contribution in [1.29, 1.82) is 0 Å². The lowest BCUT2D eigenvalue weighted by Crippen LogP contribution is -2.25. The van der Waals surface area contributed by atoms with Gasteiger partial charge in [-0.05, 0) is 66.7 Å². The van der Waals surface area contributed by atoms with Crippen LogP contribution in [0.2, 0.25) is 0 Å². The van der Waals surface area contributed by atoms with Crippen LogP contribution in [0.25, 0.3) is 0 Å². The van der Waals surface area contributed by atoms with Crippen molar-refractivity contribution in [3.63, 3.8) is 0 Å². The molecule has 0 aliphatic heterocycles. The second kappa shape index (κ2) is 6.63. The normalized spacial score (nSPS) is 15.4. The standard InChI is InChI=1S/C16H22BrN3S/c1-3-8-18-15(16-12(17)10-19-20(16)4-2)14-9-11-6-5-7-13(11)21-14/h9-10,15,18H,3-8H2,1-2H3. The quantitative estimate of drug-likeness (QED) is 0.824. The second-order valence-corrected chi connectivity index (χ2v) is 7.55. The van der Waals surface area contributed by atoms with Crippen molar-refractivity contribution in [3.05, 3.63) is 37.7 Å². The molecular weight excluding hydrogens is 346 g/mol. The van der Waals surface area contributed by atoms with Gasteiger partial charge in [0.2, 0.25) is 0 Å². The zero-order valence-electron chi connectivity index (χ0n) is 12.7. The monoisotopic (exact) mass is 367 g/mol.